The number of sulfonamides is 1. The van der Waals surface area contributed by atoms with Crippen LogP contribution >= 0.6 is 11.3 Å². The fraction of sp³-hybridized carbons (Fsp3) is 0.286. The summed E-state index contributed by atoms with van der Waals surface area (Å²) in [5.74, 6) is -0.613. The van der Waals surface area contributed by atoms with Crippen LogP contribution in [0.2, 0.25) is 0 Å². The normalized spacial score (nSPS) is 12.0. The van der Waals surface area contributed by atoms with Crippen molar-refractivity contribution in [3.05, 3.63) is 52.0 Å². The lowest BCUT2D eigenvalue weighted by atomic mass is 10.2. The maximum atomic E-state index is 13.4. The van der Waals surface area contributed by atoms with Crippen LogP contribution in [-0.4, -0.2) is 24.4 Å². The maximum Gasteiger partial charge on any atom is 0.243 e. The Bertz CT molecular complexity index is 699. The molecule has 0 amide bonds. The van der Waals surface area contributed by atoms with Crippen molar-refractivity contribution < 1.29 is 17.9 Å². The molecule has 0 aliphatic heterocycles. The summed E-state index contributed by atoms with van der Waals surface area (Å²) < 4.78 is 39.9. The highest BCUT2D eigenvalue weighted by Crippen LogP contribution is 2.22. The third-order valence-corrected chi connectivity index (χ3v) is 5.87. The molecule has 0 saturated heterocycles. The van der Waals surface area contributed by atoms with Crippen molar-refractivity contribution >= 4 is 21.4 Å². The zero-order valence-electron chi connectivity index (χ0n) is 11.5. The van der Waals surface area contributed by atoms with Gasteiger partial charge in [0.25, 0.3) is 0 Å². The van der Waals surface area contributed by atoms with E-state index in [0.29, 0.717) is 6.54 Å². The Morgan fingerprint density at radius 1 is 1.33 bits per heavy atom. The van der Waals surface area contributed by atoms with Crippen LogP contribution in [0.5, 0.6) is 0 Å². The first-order valence-electron chi connectivity index (χ1n) is 6.41. The highest BCUT2D eigenvalue weighted by molar-refractivity contribution is 7.89. The SMILES string of the molecule is CCN(Cc1cccs1)S(=O)(=O)c1ccc(F)c(CO)c1. The Morgan fingerprint density at radius 2 is 2.10 bits per heavy atom. The molecule has 0 aliphatic carbocycles. The molecule has 1 aromatic heterocycles. The molecule has 4 nitrogen and oxygen atoms in total. The molecule has 2 rings (SSSR count). The molecule has 0 bridgehead atoms. The van der Waals surface area contributed by atoms with E-state index in [1.165, 1.54) is 27.8 Å². The van der Waals surface area contributed by atoms with Crippen LogP contribution in [0.4, 0.5) is 4.39 Å². The van der Waals surface area contributed by atoms with Gasteiger partial charge in [0.05, 0.1) is 11.5 Å². The summed E-state index contributed by atoms with van der Waals surface area (Å²) in [7, 11) is -3.71. The number of aliphatic hydroxyl groups excluding tert-OH is 1. The quantitative estimate of drug-likeness (QED) is 0.886. The van der Waals surface area contributed by atoms with Crippen LogP contribution in [0.1, 0.15) is 17.4 Å². The third-order valence-electron chi connectivity index (χ3n) is 3.09. The predicted molar refractivity (Wildman–Crippen MR) is 79.9 cm³/mol. The Balaban J connectivity index is 2.35. The summed E-state index contributed by atoms with van der Waals surface area (Å²) in [6.45, 7) is 1.81. The lowest BCUT2D eigenvalue weighted by Gasteiger charge is -2.20. The van der Waals surface area contributed by atoms with Gasteiger partial charge in [0, 0.05) is 23.5 Å². The summed E-state index contributed by atoms with van der Waals surface area (Å²) in [6, 6.07) is 7.20. The molecule has 1 heterocycles. The summed E-state index contributed by atoms with van der Waals surface area (Å²) in [5, 5.41) is 11.0. The van der Waals surface area contributed by atoms with Crippen molar-refractivity contribution in [1.82, 2.24) is 4.31 Å². The average Bonchev–Trinajstić information content (AvgIpc) is 2.97. The van der Waals surface area contributed by atoms with Gasteiger partial charge in [0.15, 0.2) is 0 Å². The minimum Gasteiger partial charge on any atom is -0.392 e. The molecule has 21 heavy (non-hydrogen) atoms. The van der Waals surface area contributed by atoms with Crippen molar-refractivity contribution in [3.63, 3.8) is 0 Å². The molecule has 0 atom stereocenters. The number of hydrogen-bond donors (Lipinski definition) is 1. The van der Waals surface area contributed by atoms with Crippen LogP contribution in [0, 0.1) is 5.82 Å². The minimum atomic E-state index is -3.71. The van der Waals surface area contributed by atoms with Crippen molar-refractivity contribution in [2.75, 3.05) is 6.54 Å². The lowest BCUT2D eigenvalue weighted by Crippen LogP contribution is -2.30. The Morgan fingerprint density at radius 3 is 2.67 bits per heavy atom. The minimum absolute atomic E-state index is 0.00800. The summed E-state index contributed by atoms with van der Waals surface area (Å²) in [6.07, 6.45) is 0. The molecule has 0 radical (unpaired) electrons. The van der Waals surface area contributed by atoms with Gasteiger partial charge in [0.1, 0.15) is 5.82 Å². The van der Waals surface area contributed by atoms with Crippen molar-refractivity contribution in [2.45, 2.75) is 25.0 Å². The molecule has 7 heteroatoms. The van der Waals surface area contributed by atoms with E-state index >= 15 is 0 Å². The molecular formula is C14H16FNO3S2. The van der Waals surface area contributed by atoms with Crippen molar-refractivity contribution in [3.8, 4) is 0 Å². The standard InChI is InChI=1S/C14H16FNO3S2/c1-2-16(9-12-4-3-7-20-12)21(18,19)13-5-6-14(15)11(8-13)10-17/h3-8,17H,2,9-10H2,1H3. The van der Waals surface area contributed by atoms with E-state index in [4.69, 9.17) is 5.11 Å². The third kappa shape index (κ3) is 3.49. The molecule has 1 N–H and O–H groups in total. The zero-order valence-corrected chi connectivity index (χ0v) is 13.1. The molecule has 2 aromatic rings. The van der Waals surface area contributed by atoms with Gasteiger partial charge in [-0.3, -0.25) is 0 Å². The van der Waals surface area contributed by atoms with E-state index in [0.717, 1.165) is 10.9 Å². The highest BCUT2D eigenvalue weighted by atomic mass is 32.2. The Labute approximate surface area is 127 Å². The molecule has 0 fully saturated rings. The van der Waals surface area contributed by atoms with E-state index in [9.17, 15) is 12.8 Å². The van der Waals surface area contributed by atoms with E-state index in [1.54, 1.807) is 6.92 Å². The van der Waals surface area contributed by atoms with Crippen molar-refractivity contribution in [2.24, 2.45) is 0 Å². The first-order chi connectivity index (χ1) is 9.98. The van der Waals surface area contributed by atoms with Gasteiger partial charge < -0.3 is 5.11 Å². The predicted octanol–water partition coefficient (Wildman–Crippen LogP) is 2.59. The summed E-state index contributed by atoms with van der Waals surface area (Å²) >= 11 is 1.48. The monoisotopic (exact) mass is 329 g/mol. The van der Waals surface area contributed by atoms with Crippen LogP contribution in [-0.2, 0) is 23.2 Å². The molecule has 0 unspecified atom stereocenters. The molecule has 1 aromatic carbocycles. The lowest BCUT2D eigenvalue weighted by molar-refractivity contribution is 0.275. The number of rotatable bonds is 6. The maximum absolute atomic E-state index is 13.4. The summed E-state index contributed by atoms with van der Waals surface area (Å²) in [5.41, 5.74) is -0.0248. The number of thiophene rings is 1. The van der Waals surface area contributed by atoms with E-state index in [1.807, 2.05) is 17.5 Å². The number of nitrogens with zero attached hydrogens (tertiary/aromatic N) is 1. The Kier molecular flexibility index (Phi) is 5.10. The first-order valence-corrected chi connectivity index (χ1v) is 8.72. The number of hydrogen-bond acceptors (Lipinski definition) is 4. The molecule has 114 valence electrons. The second kappa shape index (κ2) is 6.65. The topological polar surface area (TPSA) is 57.6 Å². The van der Waals surface area contributed by atoms with Gasteiger partial charge in [-0.2, -0.15) is 4.31 Å². The van der Waals surface area contributed by atoms with E-state index in [2.05, 4.69) is 0 Å². The van der Waals surface area contributed by atoms with Gasteiger partial charge >= 0.3 is 0 Å². The number of aliphatic hydroxyl groups is 1. The second-order valence-electron chi connectivity index (χ2n) is 4.42. The smallest absolute Gasteiger partial charge is 0.243 e. The largest absolute Gasteiger partial charge is 0.392 e. The van der Waals surface area contributed by atoms with Gasteiger partial charge in [-0.25, -0.2) is 12.8 Å². The number of halogens is 1. The van der Waals surface area contributed by atoms with Crippen LogP contribution in [0.25, 0.3) is 0 Å². The van der Waals surface area contributed by atoms with Gasteiger partial charge in [-0.1, -0.05) is 13.0 Å². The zero-order chi connectivity index (χ0) is 15.5. The summed E-state index contributed by atoms with van der Waals surface area (Å²) in [4.78, 5) is 0.927. The van der Waals surface area contributed by atoms with E-state index < -0.39 is 22.4 Å². The van der Waals surface area contributed by atoms with Crippen molar-refractivity contribution in [1.29, 1.82) is 0 Å². The Hall–Kier alpha value is -1.28. The van der Waals surface area contributed by atoms with Crippen LogP contribution in [0.3, 0.4) is 0 Å². The average molecular weight is 329 g/mol. The van der Waals surface area contributed by atoms with Gasteiger partial charge in [0.2, 0.25) is 10.0 Å². The van der Waals surface area contributed by atoms with Crippen LogP contribution < -0.4 is 0 Å². The number of benzene rings is 1. The fourth-order valence-corrected chi connectivity index (χ4v) is 4.20. The van der Waals surface area contributed by atoms with E-state index in [-0.39, 0.29) is 17.0 Å². The molecule has 0 aliphatic rings. The molecular weight excluding hydrogens is 313 g/mol. The first kappa shape index (κ1) is 16.1. The highest BCUT2D eigenvalue weighted by Gasteiger charge is 2.24. The van der Waals surface area contributed by atoms with Crippen LogP contribution in [0.15, 0.2) is 40.6 Å². The second-order valence-corrected chi connectivity index (χ2v) is 7.39. The molecule has 0 spiro atoms. The fourth-order valence-electron chi connectivity index (χ4n) is 1.92. The van der Waals surface area contributed by atoms with Gasteiger partial charge in [-0.15, -0.1) is 11.3 Å². The van der Waals surface area contributed by atoms with Gasteiger partial charge in [-0.05, 0) is 29.6 Å². The molecule has 0 saturated carbocycles.